The second kappa shape index (κ2) is 14.2. The summed E-state index contributed by atoms with van der Waals surface area (Å²) in [7, 11) is -1.70. The number of para-hydroxylation sites is 1. The summed E-state index contributed by atoms with van der Waals surface area (Å²) in [6, 6.07) is 20.4. The molecule has 0 fully saturated rings. The van der Waals surface area contributed by atoms with Gasteiger partial charge in [0.2, 0.25) is 11.8 Å². The Morgan fingerprint density at radius 2 is 1.57 bits per heavy atom. The molecule has 1 atom stereocenters. The quantitative estimate of drug-likeness (QED) is 0.323. The van der Waals surface area contributed by atoms with E-state index in [1.807, 2.05) is 37.3 Å². The fraction of sp³-hybridized carbons (Fsp3) is 0.310. The molecular formula is C29H34ClFN4O4S. The van der Waals surface area contributed by atoms with Gasteiger partial charge in [-0.2, -0.15) is 12.7 Å². The van der Waals surface area contributed by atoms with Crippen LogP contribution in [-0.4, -0.2) is 62.7 Å². The molecule has 1 N–H and O–H groups in total. The summed E-state index contributed by atoms with van der Waals surface area (Å²) in [5.41, 5.74) is 1.10. The maximum Gasteiger partial charge on any atom is 0.304 e. The minimum absolute atomic E-state index is 0.0668. The van der Waals surface area contributed by atoms with Crippen molar-refractivity contribution in [1.29, 1.82) is 0 Å². The highest BCUT2D eigenvalue weighted by Gasteiger charge is 2.35. The highest BCUT2D eigenvalue weighted by Crippen LogP contribution is 2.25. The van der Waals surface area contributed by atoms with E-state index < -0.39 is 34.5 Å². The SMILES string of the molecule is CCCNC(=O)[C@@H](Cc1ccccc1)N(Cc1ccccc1Cl)C(=O)CN(c1ccccc1F)S(=O)(=O)N(C)C. The normalized spacial score (nSPS) is 12.2. The lowest BCUT2D eigenvalue weighted by Crippen LogP contribution is -2.54. The lowest BCUT2D eigenvalue weighted by molar-refractivity contribution is -0.140. The summed E-state index contributed by atoms with van der Waals surface area (Å²) in [5.74, 6) is -1.89. The van der Waals surface area contributed by atoms with E-state index in [9.17, 15) is 22.4 Å². The Hall–Kier alpha value is -3.47. The molecule has 0 aromatic heterocycles. The molecular weight excluding hydrogens is 555 g/mol. The monoisotopic (exact) mass is 588 g/mol. The first-order valence-corrected chi connectivity index (χ1v) is 14.6. The number of anilines is 1. The lowest BCUT2D eigenvalue weighted by atomic mass is 10.0. The van der Waals surface area contributed by atoms with Crippen LogP contribution in [-0.2, 0) is 32.8 Å². The van der Waals surface area contributed by atoms with E-state index in [1.54, 1.807) is 24.3 Å². The first kappa shape index (κ1) is 31.1. The van der Waals surface area contributed by atoms with Crippen molar-refractivity contribution < 1.29 is 22.4 Å². The summed E-state index contributed by atoms with van der Waals surface area (Å²) < 4.78 is 43.1. The van der Waals surface area contributed by atoms with Gasteiger partial charge in [-0.3, -0.25) is 9.59 Å². The van der Waals surface area contributed by atoms with E-state index >= 15 is 0 Å². The summed E-state index contributed by atoms with van der Waals surface area (Å²) >= 11 is 6.44. The maximum absolute atomic E-state index is 14.9. The van der Waals surface area contributed by atoms with Gasteiger partial charge >= 0.3 is 10.2 Å². The second-order valence-corrected chi connectivity index (χ2v) is 11.8. The van der Waals surface area contributed by atoms with Gasteiger partial charge in [0, 0.05) is 38.6 Å². The van der Waals surface area contributed by atoms with Crippen LogP contribution in [0.3, 0.4) is 0 Å². The van der Waals surface area contributed by atoms with E-state index in [2.05, 4.69) is 5.32 Å². The molecule has 11 heteroatoms. The Morgan fingerprint density at radius 3 is 2.20 bits per heavy atom. The number of benzene rings is 3. The molecule has 214 valence electrons. The summed E-state index contributed by atoms with van der Waals surface area (Å²) in [5, 5.41) is 3.25. The number of nitrogens with zero attached hydrogens (tertiary/aromatic N) is 3. The van der Waals surface area contributed by atoms with Crippen LogP contribution in [0, 0.1) is 5.82 Å². The topological polar surface area (TPSA) is 90.0 Å². The van der Waals surface area contributed by atoms with Crippen molar-refractivity contribution in [2.75, 3.05) is 31.5 Å². The Balaban J connectivity index is 2.10. The Bertz CT molecular complexity index is 1410. The smallest absolute Gasteiger partial charge is 0.304 e. The van der Waals surface area contributed by atoms with Crippen molar-refractivity contribution in [2.45, 2.75) is 32.4 Å². The van der Waals surface area contributed by atoms with Gasteiger partial charge in [-0.05, 0) is 35.7 Å². The number of hydrogen-bond donors (Lipinski definition) is 1. The lowest BCUT2D eigenvalue weighted by Gasteiger charge is -2.34. The van der Waals surface area contributed by atoms with E-state index in [0.717, 1.165) is 15.9 Å². The summed E-state index contributed by atoms with van der Waals surface area (Å²) in [6.45, 7) is 1.51. The van der Waals surface area contributed by atoms with Crippen LogP contribution in [0.4, 0.5) is 10.1 Å². The molecule has 0 spiro atoms. The summed E-state index contributed by atoms with van der Waals surface area (Å²) in [6.07, 6.45) is 0.858. The fourth-order valence-electron chi connectivity index (χ4n) is 4.09. The van der Waals surface area contributed by atoms with Gasteiger partial charge in [0.25, 0.3) is 0 Å². The average molecular weight is 589 g/mol. The number of carbonyl (C=O) groups excluding carboxylic acids is 2. The summed E-state index contributed by atoms with van der Waals surface area (Å²) in [4.78, 5) is 28.9. The Kier molecular flexibility index (Phi) is 11.1. The molecule has 3 rings (SSSR count). The molecule has 0 aliphatic heterocycles. The number of nitrogens with one attached hydrogen (secondary N) is 1. The van der Waals surface area contributed by atoms with Crippen molar-refractivity contribution in [3.8, 4) is 0 Å². The van der Waals surface area contributed by atoms with E-state index in [-0.39, 0.29) is 24.6 Å². The minimum Gasteiger partial charge on any atom is -0.354 e. The van der Waals surface area contributed by atoms with E-state index in [0.29, 0.717) is 27.9 Å². The molecule has 0 aliphatic carbocycles. The van der Waals surface area contributed by atoms with E-state index in [4.69, 9.17) is 11.6 Å². The third-order valence-electron chi connectivity index (χ3n) is 6.26. The third-order valence-corrected chi connectivity index (χ3v) is 8.43. The van der Waals surface area contributed by atoms with Gasteiger partial charge in [0.1, 0.15) is 18.4 Å². The van der Waals surface area contributed by atoms with Crippen LogP contribution in [0.25, 0.3) is 0 Å². The first-order chi connectivity index (χ1) is 19.1. The number of carbonyl (C=O) groups is 2. The van der Waals surface area contributed by atoms with Crippen LogP contribution in [0.5, 0.6) is 0 Å². The predicted octanol–water partition coefficient (Wildman–Crippen LogP) is 4.26. The zero-order valence-corrected chi connectivity index (χ0v) is 24.3. The maximum atomic E-state index is 14.9. The van der Waals surface area contributed by atoms with Crippen molar-refractivity contribution >= 4 is 39.3 Å². The van der Waals surface area contributed by atoms with E-state index in [1.165, 1.54) is 37.2 Å². The van der Waals surface area contributed by atoms with Gasteiger partial charge in [0.05, 0.1) is 5.69 Å². The third kappa shape index (κ3) is 7.80. The second-order valence-electron chi connectivity index (χ2n) is 9.36. The van der Waals surface area contributed by atoms with Crippen molar-refractivity contribution in [2.24, 2.45) is 0 Å². The average Bonchev–Trinajstić information content (AvgIpc) is 2.94. The molecule has 0 radical (unpaired) electrons. The first-order valence-electron chi connectivity index (χ1n) is 12.9. The van der Waals surface area contributed by atoms with Gasteiger partial charge in [-0.15, -0.1) is 0 Å². The number of hydrogen-bond acceptors (Lipinski definition) is 4. The van der Waals surface area contributed by atoms with Gasteiger partial charge in [-0.1, -0.05) is 79.2 Å². The molecule has 0 bridgehead atoms. The van der Waals surface area contributed by atoms with Crippen molar-refractivity contribution in [3.05, 3.63) is 101 Å². The highest BCUT2D eigenvalue weighted by atomic mass is 35.5. The fourth-order valence-corrected chi connectivity index (χ4v) is 5.35. The number of rotatable bonds is 13. The van der Waals surface area contributed by atoms with Crippen molar-refractivity contribution in [3.63, 3.8) is 0 Å². The predicted molar refractivity (Wildman–Crippen MR) is 156 cm³/mol. The zero-order valence-electron chi connectivity index (χ0n) is 22.8. The molecule has 0 saturated heterocycles. The number of halogens is 2. The molecule has 0 aliphatic rings. The van der Waals surface area contributed by atoms with Crippen molar-refractivity contribution in [1.82, 2.24) is 14.5 Å². The standard InChI is InChI=1S/C29H34ClFN4O4S/c1-4-18-32-29(37)27(19-22-12-6-5-7-13-22)34(20-23-14-8-9-15-24(23)30)28(36)21-35(40(38,39)33(2)3)26-17-11-10-16-25(26)31/h5-17,27H,4,18-21H2,1-3H3,(H,32,37)/t27-/m1/s1. The van der Waals surface area contributed by atoms with Gasteiger partial charge < -0.3 is 10.2 Å². The largest absolute Gasteiger partial charge is 0.354 e. The van der Waals surface area contributed by atoms with Crippen LogP contribution < -0.4 is 9.62 Å². The van der Waals surface area contributed by atoms with Crippen LogP contribution >= 0.6 is 11.6 Å². The molecule has 0 heterocycles. The molecule has 40 heavy (non-hydrogen) atoms. The Morgan fingerprint density at radius 1 is 0.950 bits per heavy atom. The van der Waals surface area contributed by atoms with Gasteiger partial charge in [-0.25, -0.2) is 8.70 Å². The molecule has 0 unspecified atom stereocenters. The molecule has 0 saturated carbocycles. The number of amides is 2. The van der Waals surface area contributed by atoms with Crippen LogP contribution in [0.1, 0.15) is 24.5 Å². The molecule has 8 nitrogen and oxygen atoms in total. The zero-order chi connectivity index (χ0) is 29.3. The Labute approximate surface area is 240 Å². The van der Waals surface area contributed by atoms with Gasteiger partial charge in [0.15, 0.2) is 0 Å². The highest BCUT2D eigenvalue weighted by molar-refractivity contribution is 7.90. The molecule has 3 aromatic rings. The molecule has 3 aromatic carbocycles. The van der Waals surface area contributed by atoms with Crippen LogP contribution in [0.2, 0.25) is 5.02 Å². The molecule has 2 amide bonds. The minimum atomic E-state index is -4.29. The van der Waals surface area contributed by atoms with Crippen LogP contribution in [0.15, 0.2) is 78.9 Å².